The van der Waals surface area contributed by atoms with E-state index in [2.05, 4.69) is 0 Å². The monoisotopic (exact) mass is 319 g/mol. The number of hydroxylamine groups is 2. The largest absolute Gasteiger partial charge is 0.338 e. The summed E-state index contributed by atoms with van der Waals surface area (Å²) in [6.45, 7) is -0.0881. The van der Waals surface area contributed by atoms with E-state index in [4.69, 9.17) is 10.1 Å². The molecular formula is C15H14FN3O4. The van der Waals surface area contributed by atoms with E-state index >= 15 is 0 Å². The van der Waals surface area contributed by atoms with Crippen LogP contribution in [0.3, 0.4) is 0 Å². The SMILES string of the molecule is CON(Cc1ccc(F)c(C#N)c1)C(=O)C1CN(C)C(=O)C1=O. The van der Waals surface area contributed by atoms with E-state index in [1.54, 1.807) is 6.07 Å². The first-order valence-electron chi connectivity index (χ1n) is 6.72. The highest BCUT2D eigenvalue weighted by atomic mass is 19.1. The van der Waals surface area contributed by atoms with Crippen molar-refractivity contribution in [2.75, 3.05) is 20.7 Å². The van der Waals surface area contributed by atoms with Crippen molar-refractivity contribution in [1.29, 1.82) is 5.26 Å². The van der Waals surface area contributed by atoms with Gasteiger partial charge in [-0.2, -0.15) is 5.26 Å². The Morgan fingerprint density at radius 1 is 1.52 bits per heavy atom. The summed E-state index contributed by atoms with van der Waals surface area (Å²) in [6.07, 6.45) is 0. The van der Waals surface area contributed by atoms with Crippen molar-refractivity contribution in [2.45, 2.75) is 6.54 Å². The van der Waals surface area contributed by atoms with Gasteiger partial charge in [0.1, 0.15) is 17.8 Å². The molecule has 7 nitrogen and oxygen atoms in total. The van der Waals surface area contributed by atoms with Gasteiger partial charge >= 0.3 is 0 Å². The fourth-order valence-electron chi connectivity index (χ4n) is 2.30. The lowest BCUT2D eigenvalue weighted by atomic mass is 10.1. The Morgan fingerprint density at radius 2 is 2.22 bits per heavy atom. The van der Waals surface area contributed by atoms with Crippen LogP contribution in [0.1, 0.15) is 11.1 Å². The fourth-order valence-corrected chi connectivity index (χ4v) is 2.30. The molecule has 0 saturated carbocycles. The number of hydrogen-bond donors (Lipinski definition) is 0. The topological polar surface area (TPSA) is 90.7 Å². The van der Waals surface area contributed by atoms with Crippen molar-refractivity contribution < 1.29 is 23.6 Å². The molecule has 1 aromatic rings. The van der Waals surface area contributed by atoms with E-state index in [1.807, 2.05) is 0 Å². The molecule has 1 atom stereocenters. The molecule has 1 aliphatic rings. The van der Waals surface area contributed by atoms with Crippen molar-refractivity contribution in [3.05, 3.63) is 35.1 Å². The second-order valence-electron chi connectivity index (χ2n) is 5.09. The number of benzene rings is 1. The van der Waals surface area contributed by atoms with Gasteiger partial charge in [0.2, 0.25) is 5.78 Å². The highest BCUT2D eigenvalue weighted by Gasteiger charge is 2.43. The summed E-state index contributed by atoms with van der Waals surface area (Å²) in [7, 11) is 2.68. The Kier molecular flexibility index (Phi) is 4.71. The van der Waals surface area contributed by atoms with Crippen LogP contribution in [0.25, 0.3) is 0 Å². The number of likely N-dealkylation sites (tertiary alicyclic amines) is 1. The normalized spacial score (nSPS) is 17.3. The second-order valence-corrected chi connectivity index (χ2v) is 5.09. The van der Waals surface area contributed by atoms with Crippen molar-refractivity contribution in [2.24, 2.45) is 5.92 Å². The number of carbonyl (C=O) groups excluding carboxylic acids is 3. The molecule has 1 heterocycles. The molecule has 0 aliphatic carbocycles. The molecule has 1 unspecified atom stereocenters. The van der Waals surface area contributed by atoms with Crippen LogP contribution in [0.2, 0.25) is 0 Å². The van der Waals surface area contributed by atoms with Gasteiger partial charge in [-0.1, -0.05) is 6.07 Å². The van der Waals surface area contributed by atoms with Crippen LogP contribution in [-0.4, -0.2) is 48.3 Å². The van der Waals surface area contributed by atoms with E-state index in [0.717, 1.165) is 11.1 Å². The average Bonchev–Trinajstić information content (AvgIpc) is 2.81. The van der Waals surface area contributed by atoms with Gasteiger partial charge in [0.05, 0.1) is 19.2 Å². The van der Waals surface area contributed by atoms with E-state index < -0.39 is 29.3 Å². The van der Waals surface area contributed by atoms with Gasteiger partial charge in [0, 0.05) is 13.6 Å². The van der Waals surface area contributed by atoms with Crippen molar-refractivity contribution in [3.63, 3.8) is 0 Å². The summed E-state index contributed by atoms with van der Waals surface area (Å²) in [5.74, 6) is -3.93. The lowest BCUT2D eigenvalue weighted by Gasteiger charge is -2.22. The summed E-state index contributed by atoms with van der Waals surface area (Å²) in [6, 6.07) is 5.52. The molecular weight excluding hydrogens is 305 g/mol. The molecule has 0 bridgehead atoms. The molecule has 1 aliphatic heterocycles. The summed E-state index contributed by atoms with van der Waals surface area (Å²) in [4.78, 5) is 41.8. The summed E-state index contributed by atoms with van der Waals surface area (Å²) in [5, 5.41) is 9.74. The van der Waals surface area contributed by atoms with Gasteiger partial charge in [-0.25, -0.2) is 9.45 Å². The summed E-state index contributed by atoms with van der Waals surface area (Å²) in [5.41, 5.74) is 0.307. The molecule has 23 heavy (non-hydrogen) atoms. The minimum Gasteiger partial charge on any atom is -0.338 e. The van der Waals surface area contributed by atoms with E-state index in [0.29, 0.717) is 5.56 Å². The van der Waals surface area contributed by atoms with Crippen molar-refractivity contribution >= 4 is 17.6 Å². The number of Topliss-reactive ketones (excluding diaryl/α,β-unsaturated/α-hetero) is 1. The molecule has 0 aromatic heterocycles. The molecule has 0 spiro atoms. The van der Waals surface area contributed by atoms with Crippen LogP contribution in [0.4, 0.5) is 4.39 Å². The van der Waals surface area contributed by atoms with Crippen LogP contribution < -0.4 is 0 Å². The van der Waals surface area contributed by atoms with Crippen LogP contribution in [0, 0.1) is 23.1 Å². The third-order valence-electron chi connectivity index (χ3n) is 3.57. The number of rotatable bonds is 4. The van der Waals surface area contributed by atoms with Crippen LogP contribution in [0.5, 0.6) is 0 Å². The number of nitriles is 1. The minimum absolute atomic E-state index is 0.0107. The maximum atomic E-state index is 13.3. The Hall–Kier alpha value is -2.79. The average molecular weight is 319 g/mol. The number of likely N-dealkylation sites (N-methyl/N-ethyl adjacent to an activating group) is 1. The molecule has 0 radical (unpaired) electrons. The Bertz CT molecular complexity index is 713. The third-order valence-corrected chi connectivity index (χ3v) is 3.57. The quantitative estimate of drug-likeness (QED) is 0.450. The summed E-state index contributed by atoms with van der Waals surface area (Å²) < 4.78 is 13.3. The van der Waals surface area contributed by atoms with Gasteiger partial charge < -0.3 is 4.90 Å². The molecule has 8 heteroatoms. The standard InChI is InChI=1S/C15H14FN3O4/c1-18-8-11(13(20)15(18)22)14(21)19(23-2)7-9-3-4-12(16)10(5-9)6-17/h3-5,11H,7-8H2,1-2H3. The Labute approximate surface area is 131 Å². The predicted octanol–water partition coefficient (Wildman–Crippen LogP) is 0.245. The number of carbonyl (C=O) groups is 3. The Morgan fingerprint density at radius 3 is 2.74 bits per heavy atom. The maximum absolute atomic E-state index is 13.3. The van der Waals surface area contributed by atoms with Crippen LogP contribution >= 0.6 is 0 Å². The molecule has 120 valence electrons. The fraction of sp³-hybridized carbons (Fsp3) is 0.333. The molecule has 0 N–H and O–H groups in total. The van der Waals surface area contributed by atoms with Crippen LogP contribution in [0.15, 0.2) is 18.2 Å². The maximum Gasteiger partial charge on any atom is 0.290 e. The number of halogens is 1. The van der Waals surface area contributed by atoms with Gasteiger partial charge in [-0.05, 0) is 17.7 Å². The van der Waals surface area contributed by atoms with Crippen molar-refractivity contribution in [1.82, 2.24) is 9.96 Å². The van der Waals surface area contributed by atoms with E-state index in [-0.39, 0.29) is 18.7 Å². The van der Waals surface area contributed by atoms with Gasteiger partial charge in [0.25, 0.3) is 11.8 Å². The zero-order valence-corrected chi connectivity index (χ0v) is 12.6. The van der Waals surface area contributed by atoms with E-state index in [1.165, 1.54) is 31.2 Å². The molecule has 2 amide bonds. The molecule has 1 aromatic carbocycles. The third kappa shape index (κ3) is 3.19. The highest BCUT2D eigenvalue weighted by molar-refractivity contribution is 6.42. The van der Waals surface area contributed by atoms with Crippen LogP contribution in [-0.2, 0) is 25.8 Å². The molecule has 1 fully saturated rings. The number of nitrogens with zero attached hydrogens (tertiary/aromatic N) is 3. The number of hydrogen-bond acceptors (Lipinski definition) is 5. The first kappa shape index (κ1) is 16.6. The highest BCUT2D eigenvalue weighted by Crippen LogP contribution is 2.18. The van der Waals surface area contributed by atoms with Gasteiger partial charge in [0.15, 0.2) is 0 Å². The zero-order valence-electron chi connectivity index (χ0n) is 12.6. The first-order chi connectivity index (χ1) is 10.9. The lowest BCUT2D eigenvalue weighted by molar-refractivity contribution is -0.183. The van der Waals surface area contributed by atoms with Crippen molar-refractivity contribution in [3.8, 4) is 6.07 Å². The Balaban J connectivity index is 2.17. The van der Waals surface area contributed by atoms with Gasteiger partial charge in [-0.3, -0.25) is 19.2 Å². The first-order valence-corrected chi connectivity index (χ1v) is 6.72. The predicted molar refractivity (Wildman–Crippen MR) is 74.8 cm³/mol. The minimum atomic E-state index is -1.12. The smallest absolute Gasteiger partial charge is 0.290 e. The number of ketones is 1. The molecule has 2 rings (SSSR count). The second kappa shape index (κ2) is 6.54. The van der Waals surface area contributed by atoms with E-state index in [9.17, 15) is 18.8 Å². The number of amides is 2. The lowest BCUT2D eigenvalue weighted by Crippen LogP contribution is -2.38. The van der Waals surface area contributed by atoms with Gasteiger partial charge in [-0.15, -0.1) is 0 Å². The molecule has 1 saturated heterocycles. The zero-order chi connectivity index (χ0) is 17.1. The summed E-state index contributed by atoms with van der Waals surface area (Å²) >= 11 is 0.